The molecule has 23 heteroatoms. The molecule has 0 saturated heterocycles. The van der Waals surface area contributed by atoms with Gasteiger partial charge in [-0.15, -0.1) is 0 Å². The minimum absolute atomic E-state index is 0. The molecule has 194 valence electrons. The molecule has 0 aliphatic heterocycles. The van der Waals surface area contributed by atoms with Crippen molar-refractivity contribution >= 4 is 10.4 Å². The van der Waals surface area contributed by atoms with Crippen LogP contribution < -0.4 is 18.9 Å². The summed E-state index contributed by atoms with van der Waals surface area (Å²) in [7, 11) is -6.00. The Morgan fingerprint density at radius 1 is 0.545 bits per heavy atom. The fraction of sp³-hybridized carbons (Fsp3) is 1.00. The third-order valence-corrected chi connectivity index (χ3v) is 3.89. The van der Waals surface area contributed by atoms with Gasteiger partial charge in [-0.3, -0.25) is 4.18 Å². The van der Waals surface area contributed by atoms with Crippen LogP contribution in [0.2, 0.25) is 0 Å². The maximum absolute atomic E-state index is 13.3. The fourth-order valence-corrected chi connectivity index (χ4v) is 1.91. The molecule has 0 aromatic carbocycles. The van der Waals surface area contributed by atoms with Crippen molar-refractivity contribution in [2.75, 3.05) is 6.61 Å². The van der Waals surface area contributed by atoms with E-state index in [0.29, 0.717) is 0 Å². The van der Waals surface area contributed by atoms with E-state index in [0.717, 1.165) is 0 Å². The minimum atomic E-state index is -8.75. The maximum atomic E-state index is 13.3. The smallest absolute Gasteiger partial charge is 0.726 e. The Kier molecular flexibility index (Phi) is 9.45. The van der Waals surface area contributed by atoms with Crippen LogP contribution in [-0.2, 0) is 14.6 Å². The summed E-state index contributed by atoms with van der Waals surface area (Å²) in [5, 5.41) is 0. The average molecular weight is 550 g/mol. The van der Waals surface area contributed by atoms with E-state index in [1.807, 2.05) is 0 Å². The average Bonchev–Trinajstić information content (AvgIpc) is 2.50. The molecule has 0 rings (SSSR count). The van der Waals surface area contributed by atoms with Crippen LogP contribution in [0.4, 0.5) is 74.6 Å². The standard InChI is InChI=1S/C10H5F17O4S.Li/c11-3(12,1-2-31-32(28,29)30)4(13,14)5(15,16)6(17,18)7(19,20)8(21,22)9(23,24)10(25,26)27;/h1-2H2,(H,28,29,30);/q;+1/p-1. The molecule has 0 fully saturated rings. The molecule has 0 N–H and O–H groups in total. The van der Waals surface area contributed by atoms with E-state index in [9.17, 15) is 87.6 Å². The Hall–Kier alpha value is -0.723. The van der Waals surface area contributed by atoms with Crippen LogP contribution in [0.5, 0.6) is 0 Å². The monoisotopic (exact) mass is 550 g/mol. The zero-order valence-electron chi connectivity index (χ0n) is 14.9. The van der Waals surface area contributed by atoms with E-state index >= 15 is 0 Å². The van der Waals surface area contributed by atoms with Crippen LogP contribution in [0.25, 0.3) is 0 Å². The topological polar surface area (TPSA) is 66.4 Å². The molecular formula is C10H4F17LiO4S. The summed E-state index contributed by atoms with van der Waals surface area (Å²) >= 11 is 0. The SMILES string of the molecule is O=S(=O)([O-])OCCC(F)(F)C(F)(F)C(F)(F)C(F)(F)C(F)(F)C(F)(F)C(F)(F)C(F)(F)F.[Li+]. The molecule has 0 spiro atoms. The van der Waals surface area contributed by atoms with E-state index < -0.39 is 71.1 Å². The number of alkyl halides is 17. The molecule has 0 aliphatic carbocycles. The van der Waals surface area contributed by atoms with Gasteiger partial charge in [0, 0.05) is 6.42 Å². The van der Waals surface area contributed by atoms with Gasteiger partial charge in [-0.05, 0) is 0 Å². The van der Waals surface area contributed by atoms with E-state index in [-0.39, 0.29) is 18.9 Å². The summed E-state index contributed by atoms with van der Waals surface area (Å²) in [6.45, 7) is -2.51. The first-order valence-corrected chi connectivity index (χ1v) is 8.10. The van der Waals surface area contributed by atoms with Gasteiger partial charge in [-0.2, -0.15) is 74.6 Å². The predicted octanol–water partition coefficient (Wildman–Crippen LogP) is 1.87. The minimum Gasteiger partial charge on any atom is -0.726 e. The molecule has 0 radical (unpaired) electrons. The summed E-state index contributed by atoms with van der Waals surface area (Å²) < 4.78 is 252. The maximum Gasteiger partial charge on any atom is 1.00 e. The van der Waals surface area contributed by atoms with Crippen molar-refractivity contribution in [2.24, 2.45) is 0 Å². The Bertz CT molecular complexity index is 790. The van der Waals surface area contributed by atoms with Crippen molar-refractivity contribution in [2.45, 2.75) is 54.1 Å². The van der Waals surface area contributed by atoms with E-state index in [2.05, 4.69) is 4.18 Å². The quantitative estimate of drug-likeness (QED) is 0.181. The zero-order valence-corrected chi connectivity index (χ0v) is 15.7. The van der Waals surface area contributed by atoms with Crippen LogP contribution in [0, 0.1) is 0 Å². The van der Waals surface area contributed by atoms with Gasteiger partial charge in [0.2, 0.25) is 10.4 Å². The Labute approximate surface area is 182 Å². The van der Waals surface area contributed by atoms with Crippen LogP contribution in [-0.4, -0.2) is 67.2 Å². The number of hydrogen-bond acceptors (Lipinski definition) is 4. The second-order valence-electron chi connectivity index (χ2n) is 5.63. The van der Waals surface area contributed by atoms with Crippen LogP contribution in [0.3, 0.4) is 0 Å². The third-order valence-electron chi connectivity index (χ3n) is 3.43. The van der Waals surface area contributed by atoms with Gasteiger partial charge >= 0.3 is 66.5 Å². The first kappa shape index (κ1) is 34.4. The molecule has 4 nitrogen and oxygen atoms in total. The van der Waals surface area contributed by atoms with Crippen molar-refractivity contribution in [1.82, 2.24) is 0 Å². The molecule has 0 aliphatic rings. The summed E-state index contributed by atoms with van der Waals surface area (Å²) in [5.41, 5.74) is 0. The van der Waals surface area contributed by atoms with Crippen molar-refractivity contribution in [3.8, 4) is 0 Å². The summed E-state index contributed by atoms with van der Waals surface area (Å²) in [5.74, 6) is -57.6. The van der Waals surface area contributed by atoms with Gasteiger partial charge in [-0.25, -0.2) is 8.42 Å². The van der Waals surface area contributed by atoms with Crippen molar-refractivity contribution in [1.29, 1.82) is 0 Å². The van der Waals surface area contributed by atoms with Gasteiger partial charge in [0.15, 0.2) is 0 Å². The third kappa shape index (κ3) is 5.43. The van der Waals surface area contributed by atoms with Crippen molar-refractivity contribution in [3.63, 3.8) is 0 Å². The van der Waals surface area contributed by atoms with Gasteiger partial charge in [0.25, 0.3) is 0 Å². The largest absolute Gasteiger partial charge is 1.00 e. The summed E-state index contributed by atoms with van der Waals surface area (Å²) in [6, 6.07) is 0. The molecule has 0 atom stereocenters. The number of rotatable bonds is 10. The second-order valence-corrected chi connectivity index (χ2v) is 6.68. The van der Waals surface area contributed by atoms with E-state index in [4.69, 9.17) is 0 Å². The fourth-order valence-electron chi connectivity index (χ4n) is 1.63. The molecule has 0 aromatic heterocycles. The van der Waals surface area contributed by atoms with E-state index in [1.54, 1.807) is 0 Å². The zero-order chi connectivity index (χ0) is 26.6. The predicted molar refractivity (Wildman–Crippen MR) is 61.0 cm³/mol. The van der Waals surface area contributed by atoms with Gasteiger partial charge in [0.05, 0.1) is 6.61 Å². The second kappa shape index (κ2) is 9.05. The Balaban J connectivity index is 0. The first-order valence-electron chi connectivity index (χ1n) is 6.77. The first-order chi connectivity index (χ1) is 13.5. The molecule has 0 aromatic rings. The Morgan fingerprint density at radius 2 is 0.818 bits per heavy atom. The van der Waals surface area contributed by atoms with Crippen LogP contribution >= 0.6 is 0 Å². The van der Waals surface area contributed by atoms with Gasteiger partial charge < -0.3 is 4.55 Å². The summed E-state index contributed by atoms with van der Waals surface area (Å²) in [6.07, 6.45) is -11.0. The van der Waals surface area contributed by atoms with Crippen molar-refractivity contribution < 1.29 is 111 Å². The van der Waals surface area contributed by atoms with Crippen LogP contribution in [0.1, 0.15) is 6.42 Å². The molecule has 0 heterocycles. The molecule has 0 saturated carbocycles. The Morgan fingerprint density at radius 3 is 1.09 bits per heavy atom. The van der Waals surface area contributed by atoms with Crippen LogP contribution in [0.15, 0.2) is 0 Å². The normalized spacial score (nSPS) is 15.9. The molecule has 0 unspecified atom stereocenters. The molecule has 0 amide bonds. The number of hydrogen-bond donors (Lipinski definition) is 0. The van der Waals surface area contributed by atoms with E-state index in [1.165, 1.54) is 0 Å². The molecular weight excluding hydrogens is 546 g/mol. The summed E-state index contributed by atoms with van der Waals surface area (Å²) in [4.78, 5) is 0. The van der Waals surface area contributed by atoms with Crippen molar-refractivity contribution in [3.05, 3.63) is 0 Å². The molecule has 0 bridgehead atoms. The number of halogens is 17. The van der Waals surface area contributed by atoms with Gasteiger partial charge in [0.1, 0.15) is 0 Å². The van der Waals surface area contributed by atoms with Gasteiger partial charge in [-0.1, -0.05) is 0 Å². The molecule has 33 heavy (non-hydrogen) atoms.